The molecule has 0 bridgehead atoms. The molecule has 2 aromatic carbocycles. The van der Waals surface area contributed by atoms with Crippen molar-refractivity contribution >= 4 is 17.3 Å². The summed E-state index contributed by atoms with van der Waals surface area (Å²) in [5.41, 5.74) is 6.79. The molecule has 0 aliphatic heterocycles. The van der Waals surface area contributed by atoms with Gasteiger partial charge in [-0.15, -0.1) is 0 Å². The van der Waals surface area contributed by atoms with Crippen molar-refractivity contribution in [3.63, 3.8) is 0 Å². The minimum atomic E-state index is -0.608. The van der Waals surface area contributed by atoms with Gasteiger partial charge < -0.3 is 11.1 Å². The molecule has 3 N–H and O–H groups in total. The summed E-state index contributed by atoms with van der Waals surface area (Å²) in [4.78, 5) is 12.0. The number of carbonyl (C=O) groups excluding carboxylic acids is 1. The van der Waals surface area contributed by atoms with E-state index in [2.05, 4.69) is 5.32 Å². The summed E-state index contributed by atoms with van der Waals surface area (Å²) in [7, 11) is 0. The number of anilines is 2. The number of carbonyl (C=O) groups is 1. The van der Waals surface area contributed by atoms with Crippen molar-refractivity contribution in [3.8, 4) is 0 Å². The number of amides is 1. The molecule has 0 heterocycles. The van der Waals surface area contributed by atoms with Gasteiger partial charge in [-0.1, -0.05) is 12.1 Å². The Morgan fingerprint density at radius 1 is 1.15 bits per heavy atom. The van der Waals surface area contributed by atoms with Gasteiger partial charge >= 0.3 is 0 Å². The minimum Gasteiger partial charge on any atom is -0.398 e. The van der Waals surface area contributed by atoms with Crippen LogP contribution in [-0.2, 0) is 0 Å². The van der Waals surface area contributed by atoms with Crippen LogP contribution in [0.15, 0.2) is 30.3 Å². The SMILES string of the molecule is Cc1cccc(F)c1NC(=O)c1cc(N)c(C)c(F)c1. The molecular weight excluding hydrogens is 262 g/mol. The van der Waals surface area contributed by atoms with Crippen molar-refractivity contribution in [1.29, 1.82) is 0 Å². The topological polar surface area (TPSA) is 55.1 Å². The van der Waals surface area contributed by atoms with Crippen molar-refractivity contribution in [2.45, 2.75) is 13.8 Å². The molecular formula is C15H14F2N2O. The molecule has 0 fully saturated rings. The predicted octanol–water partition coefficient (Wildman–Crippen LogP) is 3.42. The van der Waals surface area contributed by atoms with Gasteiger partial charge in [-0.25, -0.2) is 8.78 Å². The third-order valence-corrected chi connectivity index (χ3v) is 3.11. The summed E-state index contributed by atoms with van der Waals surface area (Å²) < 4.78 is 27.2. The van der Waals surface area contributed by atoms with Crippen LogP contribution >= 0.6 is 0 Å². The largest absolute Gasteiger partial charge is 0.398 e. The summed E-state index contributed by atoms with van der Waals surface area (Å²) in [5.74, 6) is -1.72. The zero-order valence-electron chi connectivity index (χ0n) is 11.1. The first-order chi connectivity index (χ1) is 9.40. The first-order valence-electron chi connectivity index (χ1n) is 6.02. The minimum absolute atomic E-state index is 0.0493. The fourth-order valence-corrected chi connectivity index (χ4v) is 1.81. The molecule has 0 aromatic heterocycles. The summed E-state index contributed by atoms with van der Waals surface area (Å²) in [6, 6.07) is 6.90. The normalized spacial score (nSPS) is 10.4. The van der Waals surface area contributed by atoms with Gasteiger partial charge in [0.1, 0.15) is 11.6 Å². The molecule has 2 aromatic rings. The Labute approximate surface area is 115 Å². The lowest BCUT2D eigenvalue weighted by atomic mass is 10.1. The highest BCUT2D eigenvalue weighted by atomic mass is 19.1. The van der Waals surface area contributed by atoms with Crippen LogP contribution in [0.5, 0.6) is 0 Å². The van der Waals surface area contributed by atoms with Gasteiger partial charge in [0, 0.05) is 16.8 Å². The molecule has 0 radical (unpaired) electrons. The second-order valence-electron chi connectivity index (χ2n) is 4.56. The van der Waals surface area contributed by atoms with E-state index in [0.717, 1.165) is 6.07 Å². The van der Waals surface area contributed by atoms with Crippen molar-refractivity contribution in [1.82, 2.24) is 0 Å². The molecule has 20 heavy (non-hydrogen) atoms. The van der Waals surface area contributed by atoms with E-state index in [4.69, 9.17) is 5.73 Å². The fourth-order valence-electron chi connectivity index (χ4n) is 1.81. The maximum atomic E-state index is 13.6. The van der Waals surface area contributed by atoms with Crippen LogP contribution in [0, 0.1) is 25.5 Å². The Kier molecular flexibility index (Phi) is 3.70. The van der Waals surface area contributed by atoms with E-state index in [0.29, 0.717) is 5.56 Å². The summed E-state index contributed by atoms with van der Waals surface area (Å²) in [5, 5.41) is 2.43. The predicted molar refractivity (Wildman–Crippen MR) is 74.6 cm³/mol. The van der Waals surface area contributed by atoms with Gasteiger partial charge in [0.05, 0.1) is 5.69 Å². The number of hydrogen-bond donors (Lipinski definition) is 2. The number of aryl methyl sites for hydroxylation is 1. The lowest BCUT2D eigenvalue weighted by Crippen LogP contribution is -2.15. The van der Waals surface area contributed by atoms with Gasteiger partial charge in [0.25, 0.3) is 5.91 Å². The highest BCUT2D eigenvalue weighted by Gasteiger charge is 2.14. The maximum Gasteiger partial charge on any atom is 0.255 e. The lowest BCUT2D eigenvalue weighted by Gasteiger charge is -2.11. The van der Waals surface area contributed by atoms with E-state index in [1.807, 2.05) is 0 Å². The molecule has 0 saturated heterocycles. The highest BCUT2D eigenvalue weighted by Crippen LogP contribution is 2.22. The summed E-state index contributed by atoms with van der Waals surface area (Å²) in [6.07, 6.45) is 0. The summed E-state index contributed by atoms with van der Waals surface area (Å²) >= 11 is 0. The van der Waals surface area contributed by atoms with Crippen LogP contribution in [0.4, 0.5) is 20.2 Å². The Balaban J connectivity index is 2.34. The van der Waals surface area contributed by atoms with Crippen LogP contribution < -0.4 is 11.1 Å². The second kappa shape index (κ2) is 5.28. The quantitative estimate of drug-likeness (QED) is 0.826. The molecule has 0 unspecified atom stereocenters. The van der Waals surface area contributed by atoms with Gasteiger partial charge in [0.2, 0.25) is 0 Å². The molecule has 3 nitrogen and oxygen atoms in total. The average molecular weight is 276 g/mol. The monoisotopic (exact) mass is 276 g/mol. The number of nitrogens with two attached hydrogens (primary N) is 1. The number of halogens is 2. The number of benzene rings is 2. The van der Waals surface area contributed by atoms with E-state index in [9.17, 15) is 13.6 Å². The van der Waals surface area contributed by atoms with E-state index >= 15 is 0 Å². The Morgan fingerprint density at radius 2 is 1.85 bits per heavy atom. The first-order valence-corrected chi connectivity index (χ1v) is 6.02. The molecule has 104 valence electrons. The molecule has 0 atom stereocenters. The van der Waals surface area contributed by atoms with Crippen molar-refractivity contribution in [2.75, 3.05) is 11.1 Å². The zero-order valence-corrected chi connectivity index (χ0v) is 11.1. The molecule has 0 aliphatic carbocycles. The smallest absolute Gasteiger partial charge is 0.255 e. The maximum absolute atomic E-state index is 13.6. The van der Waals surface area contributed by atoms with E-state index in [1.165, 1.54) is 19.1 Å². The van der Waals surface area contributed by atoms with Crippen LogP contribution in [-0.4, -0.2) is 5.91 Å². The van der Waals surface area contributed by atoms with Crippen LogP contribution in [0.25, 0.3) is 0 Å². The van der Waals surface area contributed by atoms with Gasteiger partial charge in [-0.2, -0.15) is 0 Å². The number of rotatable bonds is 2. The second-order valence-corrected chi connectivity index (χ2v) is 4.56. The molecule has 0 aliphatic rings. The number of para-hydroxylation sites is 1. The first kappa shape index (κ1) is 14.0. The third kappa shape index (κ3) is 2.61. The van der Waals surface area contributed by atoms with Crippen LogP contribution in [0.3, 0.4) is 0 Å². The number of nitrogens with one attached hydrogen (secondary N) is 1. The number of hydrogen-bond acceptors (Lipinski definition) is 2. The van der Waals surface area contributed by atoms with Gasteiger partial charge in [0.15, 0.2) is 0 Å². The Hall–Kier alpha value is -2.43. The van der Waals surface area contributed by atoms with E-state index in [1.54, 1.807) is 19.1 Å². The lowest BCUT2D eigenvalue weighted by molar-refractivity contribution is 0.102. The zero-order chi connectivity index (χ0) is 14.9. The molecule has 0 saturated carbocycles. The van der Waals surface area contributed by atoms with Crippen LogP contribution in [0.1, 0.15) is 21.5 Å². The summed E-state index contributed by atoms with van der Waals surface area (Å²) in [6.45, 7) is 3.19. The molecule has 5 heteroatoms. The Bertz CT molecular complexity index is 640. The van der Waals surface area contributed by atoms with E-state index < -0.39 is 17.5 Å². The van der Waals surface area contributed by atoms with E-state index in [-0.39, 0.29) is 22.5 Å². The van der Waals surface area contributed by atoms with Crippen molar-refractivity contribution in [2.24, 2.45) is 0 Å². The Morgan fingerprint density at radius 3 is 2.45 bits per heavy atom. The van der Waals surface area contributed by atoms with Crippen molar-refractivity contribution < 1.29 is 13.6 Å². The average Bonchev–Trinajstić information content (AvgIpc) is 2.39. The third-order valence-electron chi connectivity index (χ3n) is 3.11. The number of nitrogen functional groups attached to an aromatic ring is 1. The van der Waals surface area contributed by atoms with Crippen molar-refractivity contribution in [3.05, 3.63) is 58.7 Å². The molecule has 1 amide bonds. The molecule has 0 spiro atoms. The molecule has 2 rings (SSSR count). The van der Waals surface area contributed by atoms with Crippen LogP contribution in [0.2, 0.25) is 0 Å². The standard InChI is InChI=1S/C15H14F2N2O/c1-8-4-3-5-11(16)14(8)19-15(20)10-6-12(17)9(2)13(18)7-10/h3-7H,18H2,1-2H3,(H,19,20). The fraction of sp³-hybridized carbons (Fsp3) is 0.133. The van der Waals surface area contributed by atoms with Gasteiger partial charge in [-0.3, -0.25) is 4.79 Å². The van der Waals surface area contributed by atoms with Gasteiger partial charge in [-0.05, 0) is 37.6 Å². The highest BCUT2D eigenvalue weighted by molar-refractivity contribution is 6.05.